The van der Waals surface area contributed by atoms with Crippen molar-refractivity contribution in [2.45, 2.75) is 25.8 Å². The molecule has 1 saturated heterocycles. The molecule has 0 spiro atoms. The molecular formula is C14H17NO. The van der Waals surface area contributed by atoms with Gasteiger partial charge in [-0.1, -0.05) is 30.3 Å². The molecule has 1 unspecified atom stereocenters. The highest BCUT2D eigenvalue weighted by atomic mass is 16.2. The summed E-state index contributed by atoms with van der Waals surface area (Å²) in [5, 5.41) is 0. The number of hydrogen-bond acceptors (Lipinski definition) is 1. The van der Waals surface area contributed by atoms with E-state index in [0.717, 1.165) is 24.9 Å². The van der Waals surface area contributed by atoms with Gasteiger partial charge in [-0.25, -0.2) is 0 Å². The highest BCUT2D eigenvalue weighted by molar-refractivity contribution is 5.92. The number of benzene rings is 1. The number of rotatable bonds is 2. The van der Waals surface area contributed by atoms with Gasteiger partial charge in [0.2, 0.25) is 5.91 Å². The monoisotopic (exact) mass is 215 g/mol. The van der Waals surface area contributed by atoms with Crippen LogP contribution in [-0.4, -0.2) is 23.4 Å². The van der Waals surface area contributed by atoms with Crippen LogP contribution >= 0.6 is 0 Å². The van der Waals surface area contributed by atoms with Gasteiger partial charge in [-0.15, -0.1) is 0 Å². The van der Waals surface area contributed by atoms with Crippen molar-refractivity contribution in [3.8, 4) is 0 Å². The molecule has 1 aliphatic heterocycles. The van der Waals surface area contributed by atoms with E-state index in [1.807, 2.05) is 41.3 Å². The summed E-state index contributed by atoms with van der Waals surface area (Å²) in [6.45, 7) is 3.01. The maximum Gasteiger partial charge on any atom is 0.246 e. The van der Waals surface area contributed by atoms with Gasteiger partial charge in [-0.2, -0.15) is 0 Å². The summed E-state index contributed by atoms with van der Waals surface area (Å²) in [5.41, 5.74) is 1.07. The molecule has 1 atom stereocenters. The van der Waals surface area contributed by atoms with Gasteiger partial charge in [0, 0.05) is 18.7 Å². The van der Waals surface area contributed by atoms with Crippen LogP contribution in [0.15, 0.2) is 36.4 Å². The lowest BCUT2D eigenvalue weighted by Gasteiger charge is -2.19. The van der Waals surface area contributed by atoms with Crippen LogP contribution in [0.25, 0.3) is 6.08 Å². The summed E-state index contributed by atoms with van der Waals surface area (Å²) in [7, 11) is 0. The standard InChI is InChI=1S/C14H17NO/c1-12-6-5-11-15(12)14(16)10-9-13-7-3-2-4-8-13/h2-4,7-10,12H,5-6,11H2,1H3/b10-9+. The van der Waals surface area contributed by atoms with Gasteiger partial charge in [0.25, 0.3) is 0 Å². The summed E-state index contributed by atoms with van der Waals surface area (Å²) in [6, 6.07) is 10.3. The molecule has 1 aliphatic rings. The van der Waals surface area contributed by atoms with Crippen LogP contribution in [0.3, 0.4) is 0 Å². The van der Waals surface area contributed by atoms with Gasteiger partial charge in [-0.3, -0.25) is 4.79 Å². The molecule has 0 bridgehead atoms. The van der Waals surface area contributed by atoms with E-state index in [2.05, 4.69) is 6.92 Å². The highest BCUT2D eigenvalue weighted by Crippen LogP contribution is 2.16. The number of likely N-dealkylation sites (tertiary alicyclic amines) is 1. The van der Waals surface area contributed by atoms with Crippen molar-refractivity contribution in [1.82, 2.24) is 4.90 Å². The minimum atomic E-state index is 0.133. The van der Waals surface area contributed by atoms with Crippen LogP contribution in [-0.2, 0) is 4.79 Å². The number of carbonyl (C=O) groups excluding carboxylic acids is 1. The van der Waals surface area contributed by atoms with Gasteiger partial charge in [0.15, 0.2) is 0 Å². The van der Waals surface area contributed by atoms with E-state index in [-0.39, 0.29) is 5.91 Å². The van der Waals surface area contributed by atoms with Crippen molar-refractivity contribution in [3.05, 3.63) is 42.0 Å². The lowest BCUT2D eigenvalue weighted by molar-refractivity contribution is -0.126. The van der Waals surface area contributed by atoms with E-state index < -0.39 is 0 Å². The molecule has 1 heterocycles. The number of nitrogens with zero attached hydrogens (tertiary/aromatic N) is 1. The Morgan fingerprint density at radius 2 is 2.12 bits per heavy atom. The van der Waals surface area contributed by atoms with Gasteiger partial charge in [0.1, 0.15) is 0 Å². The molecule has 84 valence electrons. The Balaban J connectivity index is 1.99. The molecule has 2 rings (SSSR count). The lowest BCUT2D eigenvalue weighted by Crippen LogP contribution is -2.32. The Morgan fingerprint density at radius 1 is 1.38 bits per heavy atom. The first-order chi connectivity index (χ1) is 7.77. The topological polar surface area (TPSA) is 20.3 Å². The van der Waals surface area contributed by atoms with E-state index in [4.69, 9.17) is 0 Å². The van der Waals surface area contributed by atoms with E-state index in [1.165, 1.54) is 0 Å². The number of hydrogen-bond donors (Lipinski definition) is 0. The predicted molar refractivity (Wildman–Crippen MR) is 65.9 cm³/mol. The van der Waals surface area contributed by atoms with E-state index in [9.17, 15) is 4.79 Å². The quantitative estimate of drug-likeness (QED) is 0.695. The molecule has 2 nitrogen and oxygen atoms in total. The Kier molecular flexibility index (Phi) is 3.40. The first-order valence-electron chi connectivity index (χ1n) is 5.81. The largest absolute Gasteiger partial charge is 0.336 e. The molecule has 0 saturated carbocycles. The third kappa shape index (κ3) is 2.51. The number of amides is 1. The van der Waals surface area contributed by atoms with Gasteiger partial charge in [0.05, 0.1) is 0 Å². The number of carbonyl (C=O) groups is 1. The molecule has 1 fully saturated rings. The molecule has 0 aliphatic carbocycles. The van der Waals surface area contributed by atoms with Crippen molar-refractivity contribution in [2.24, 2.45) is 0 Å². The second-order valence-electron chi connectivity index (χ2n) is 4.27. The van der Waals surface area contributed by atoms with Crippen LogP contribution in [0.1, 0.15) is 25.3 Å². The Labute approximate surface area is 96.6 Å². The van der Waals surface area contributed by atoms with Crippen LogP contribution < -0.4 is 0 Å². The third-order valence-corrected chi connectivity index (χ3v) is 3.05. The molecule has 0 radical (unpaired) electrons. The van der Waals surface area contributed by atoms with Crippen LogP contribution in [0.4, 0.5) is 0 Å². The molecular weight excluding hydrogens is 198 g/mol. The minimum absolute atomic E-state index is 0.133. The summed E-state index contributed by atoms with van der Waals surface area (Å²) < 4.78 is 0. The summed E-state index contributed by atoms with van der Waals surface area (Å²) in [4.78, 5) is 13.8. The molecule has 1 aromatic rings. The highest BCUT2D eigenvalue weighted by Gasteiger charge is 2.22. The molecule has 1 amide bonds. The average molecular weight is 215 g/mol. The fourth-order valence-corrected chi connectivity index (χ4v) is 2.09. The molecule has 2 heteroatoms. The van der Waals surface area contributed by atoms with Crippen molar-refractivity contribution < 1.29 is 4.79 Å². The normalized spacial score (nSPS) is 20.6. The van der Waals surface area contributed by atoms with Gasteiger partial charge >= 0.3 is 0 Å². The summed E-state index contributed by atoms with van der Waals surface area (Å²) >= 11 is 0. The van der Waals surface area contributed by atoms with E-state index in [0.29, 0.717) is 6.04 Å². The minimum Gasteiger partial charge on any atom is -0.336 e. The van der Waals surface area contributed by atoms with Crippen molar-refractivity contribution in [3.63, 3.8) is 0 Å². The van der Waals surface area contributed by atoms with Gasteiger partial charge < -0.3 is 4.90 Å². The Bertz CT molecular complexity index is 383. The Morgan fingerprint density at radius 3 is 2.75 bits per heavy atom. The fraction of sp³-hybridized carbons (Fsp3) is 0.357. The summed E-state index contributed by atoms with van der Waals surface area (Å²) in [5.74, 6) is 0.133. The smallest absolute Gasteiger partial charge is 0.246 e. The van der Waals surface area contributed by atoms with E-state index in [1.54, 1.807) is 6.08 Å². The maximum atomic E-state index is 11.9. The predicted octanol–water partition coefficient (Wildman–Crippen LogP) is 2.71. The van der Waals surface area contributed by atoms with Crippen molar-refractivity contribution >= 4 is 12.0 Å². The summed E-state index contributed by atoms with van der Waals surface area (Å²) in [6.07, 6.45) is 5.82. The van der Waals surface area contributed by atoms with E-state index >= 15 is 0 Å². The molecule has 0 N–H and O–H groups in total. The lowest BCUT2D eigenvalue weighted by atomic mass is 10.2. The molecule has 0 aromatic heterocycles. The third-order valence-electron chi connectivity index (χ3n) is 3.05. The zero-order valence-corrected chi connectivity index (χ0v) is 9.60. The first kappa shape index (κ1) is 10.9. The maximum absolute atomic E-state index is 11.9. The van der Waals surface area contributed by atoms with Gasteiger partial charge in [-0.05, 0) is 31.4 Å². The zero-order chi connectivity index (χ0) is 11.4. The van der Waals surface area contributed by atoms with Crippen molar-refractivity contribution in [1.29, 1.82) is 0 Å². The van der Waals surface area contributed by atoms with Crippen LogP contribution in [0.2, 0.25) is 0 Å². The second-order valence-corrected chi connectivity index (χ2v) is 4.27. The van der Waals surface area contributed by atoms with Crippen LogP contribution in [0, 0.1) is 0 Å². The van der Waals surface area contributed by atoms with Crippen molar-refractivity contribution in [2.75, 3.05) is 6.54 Å². The first-order valence-corrected chi connectivity index (χ1v) is 5.81. The average Bonchev–Trinajstić information content (AvgIpc) is 2.74. The Hall–Kier alpha value is -1.57. The zero-order valence-electron chi connectivity index (χ0n) is 9.60. The van der Waals surface area contributed by atoms with Crippen LogP contribution in [0.5, 0.6) is 0 Å². The molecule has 16 heavy (non-hydrogen) atoms. The second kappa shape index (κ2) is 4.97. The fourth-order valence-electron chi connectivity index (χ4n) is 2.09. The molecule has 1 aromatic carbocycles. The SMILES string of the molecule is CC1CCCN1C(=O)/C=C/c1ccccc1.